The number of hydrogen-bond donors (Lipinski definition) is 1. The summed E-state index contributed by atoms with van der Waals surface area (Å²) in [6, 6.07) is 9.54. The molecule has 3 rings (SSSR count). The second kappa shape index (κ2) is 6.68. The molecule has 4 nitrogen and oxygen atoms in total. The molecule has 1 aromatic heterocycles. The molecule has 3 aromatic rings. The number of carbonyl (C=O) groups excluding carboxylic acids is 1. The second-order valence-corrected chi connectivity index (χ2v) is 5.60. The van der Waals surface area contributed by atoms with Gasteiger partial charge >= 0.3 is 6.18 Å². The highest BCUT2D eigenvalue weighted by Gasteiger charge is 2.34. The van der Waals surface area contributed by atoms with E-state index in [1.165, 1.54) is 24.6 Å². The number of benzene rings is 2. The first kappa shape index (κ1) is 17.2. The van der Waals surface area contributed by atoms with Gasteiger partial charge in [0.2, 0.25) is 0 Å². The van der Waals surface area contributed by atoms with E-state index in [4.69, 9.17) is 4.42 Å². The van der Waals surface area contributed by atoms with Gasteiger partial charge in [-0.15, -0.1) is 0 Å². The van der Waals surface area contributed by atoms with E-state index in [-0.39, 0.29) is 24.2 Å². The number of nitrogens with zero attached hydrogens (tertiary/aromatic N) is 1. The summed E-state index contributed by atoms with van der Waals surface area (Å²) in [4.78, 5) is 16.2. The van der Waals surface area contributed by atoms with E-state index in [1.54, 1.807) is 18.2 Å². The molecule has 1 N–H and O–H groups in total. The summed E-state index contributed by atoms with van der Waals surface area (Å²) in [6.45, 7) is 0. The van der Waals surface area contributed by atoms with E-state index in [9.17, 15) is 23.1 Å². The van der Waals surface area contributed by atoms with E-state index in [0.717, 1.165) is 6.07 Å². The zero-order valence-electron chi connectivity index (χ0n) is 13.0. The van der Waals surface area contributed by atoms with Crippen molar-refractivity contribution in [1.29, 1.82) is 0 Å². The van der Waals surface area contributed by atoms with Crippen molar-refractivity contribution in [2.24, 2.45) is 0 Å². The van der Waals surface area contributed by atoms with Gasteiger partial charge < -0.3 is 9.52 Å². The SMILES string of the molecule is O=C(CCC(O)c1ccccc1C(F)(F)F)c1ccc2ocnc2c1. The average Bonchev–Trinajstić information content (AvgIpc) is 3.06. The number of aliphatic hydroxyl groups excluding tert-OH is 1. The Morgan fingerprint density at radius 3 is 2.72 bits per heavy atom. The summed E-state index contributed by atoms with van der Waals surface area (Å²) < 4.78 is 44.1. The lowest BCUT2D eigenvalue weighted by atomic mass is 9.96. The molecule has 0 saturated heterocycles. The Hall–Kier alpha value is -2.67. The fourth-order valence-corrected chi connectivity index (χ4v) is 2.64. The number of fused-ring (bicyclic) bond motifs is 1. The van der Waals surface area contributed by atoms with Gasteiger partial charge in [0, 0.05) is 12.0 Å². The quantitative estimate of drug-likeness (QED) is 0.687. The second-order valence-electron chi connectivity index (χ2n) is 5.60. The zero-order chi connectivity index (χ0) is 18.0. The molecule has 130 valence electrons. The molecule has 0 bridgehead atoms. The van der Waals surface area contributed by atoms with Crippen molar-refractivity contribution >= 4 is 16.9 Å². The topological polar surface area (TPSA) is 63.3 Å². The molecule has 1 heterocycles. The van der Waals surface area contributed by atoms with E-state index >= 15 is 0 Å². The molecule has 1 atom stereocenters. The molecular weight excluding hydrogens is 335 g/mol. The lowest BCUT2D eigenvalue weighted by Crippen LogP contribution is -2.13. The average molecular weight is 349 g/mol. The molecule has 0 aliphatic rings. The van der Waals surface area contributed by atoms with Crippen molar-refractivity contribution in [2.75, 3.05) is 0 Å². The lowest BCUT2D eigenvalue weighted by Gasteiger charge is -2.17. The highest BCUT2D eigenvalue weighted by atomic mass is 19.4. The zero-order valence-corrected chi connectivity index (χ0v) is 13.0. The van der Waals surface area contributed by atoms with Crippen LogP contribution in [-0.4, -0.2) is 15.9 Å². The Balaban J connectivity index is 1.72. The lowest BCUT2D eigenvalue weighted by molar-refractivity contribution is -0.139. The van der Waals surface area contributed by atoms with Crippen LogP contribution in [0.25, 0.3) is 11.1 Å². The Kier molecular flexibility index (Phi) is 4.59. The minimum atomic E-state index is -4.56. The predicted octanol–water partition coefficient (Wildman–Crippen LogP) is 4.54. The molecule has 1 unspecified atom stereocenters. The molecule has 0 fully saturated rings. The summed E-state index contributed by atoms with van der Waals surface area (Å²) in [5, 5.41) is 10.1. The number of rotatable bonds is 5. The molecule has 2 aromatic carbocycles. The van der Waals surface area contributed by atoms with Crippen LogP contribution in [0.2, 0.25) is 0 Å². The van der Waals surface area contributed by atoms with Crippen molar-refractivity contribution in [3.05, 3.63) is 65.5 Å². The molecule has 0 spiro atoms. The predicted molar refractivity (Wildman–Crippen MR) is 84.0 cm³/mol. The van der Waals surface area contributed by atoms with E-state index in [0.29, 0.717) is 16.7 Å². The maximum absolute atomic E-state index is 13.0. The number of ketones is 1. The molecule has 25 heavy (non-hydrogen) atoms. The molecule has 0 amide bonds. The molecule has 0 aliphatic carbocycles. The van der Waals surface area contributed by atoms with Crippen molar-refractivity contribution < 1.29 is 27.5 Å². The van der Waals surface area contributed by atoms with Crippen molar-refractivity contribution in [3.63, 3.8) is 0 Å². The van der Waals surface area contributed by atoms with Gasteiger partial charge in [-0.25, -0.2) is 4.98 Å². The largest absolute Gasteiger partial charge is 0.443 e. The number of carbonyl (C=O) groups is 1. The van der Waals surface area contributed by atoms with Crippen molar-refractivity contribution in [2.45, 2.75) is 25.1 Å². The van der Waals surface area contributed by atoms with E-state index in [1.807, 2.05) is 0 Å². The van der Waals surface area contributed by atoms with Gasteiger partial charge in [-0.3, -0.25) is 4.79 Å². The normalized spacial score (nSPS) is 13.1. The summed E-state index contributed by atoms with van der Waals surface area (Å²) in [5.41, 5.74) is 0.316. The van der Waals surface area contributed by atoms with Crippen LogP contribution in [-0.2, 0) is 6.18 Å². The highest BCUT2D eigenvalue weighted by molar-refractivity contribution is 5.98. The summed E-state index contributed by atoms with van der Waals surface area (Å²) in [5.74, 6) is -0.284. The smallest absolute Gasteiger partial charge is 0.416 e. The fourth-order valence-electron chi connectivity index (χ4n) is 2.64. The first-order valence-corrected chi connectivity index (χ1v) is 7.57. The molecule has 7 heteroatoms. The van der Waals surface area contributed by atoms with Crippen LogP contribution in [0, 0.1) is 0 Å². The van der Waals surface area contributed by atoms with Crippen LogP contribution in [0.3, 0.4) is 0 Å². The Morgan fingerprint density at radius 2 is 1.96 bits per heavy atom. The van der Waals surface area contributed by atoms with Gasteiger partial charge in [0.25, 0.3) is 0 Å². The van der Waals surface area contributed by atoms with E-state index < -0.39 is 17.8 Å². The number of Topliss-reactive ketones (excluding diaryl/α,β-unsaturated/α-hetero) is 1. The number of halogens is 3. The number of alkyl halides is 3. The maximum atomic E-state index is 13.0. The van der Waals surface area contributed by atoms with Crippen molar-refractivity contribution in [3.8, 4) is 0 Å². The first-order chi connectivity index (χ1) is 11.9. The van der Waals surface area contributed by atoms with Crippen LogP contribution < -0.4 is 0 Å². The van der Waals surface area contributed by atoms with Crippen LogP contribution in [0.5, 0.6) is 0 Å². The number of hydrogen-bond acceptors (Lipinski definition) is 4. The molecule has 0 radical (unpaired) electrons. The third-order valence-corrected chi connectivity index (χ3v) is 3.92. The molecular formula is C18H14F3NO3. The van der Waals surface area contributed by atoms with Gasteiger partial charge in [0.05, 0.1) is 11.7 Å². The summed E-state index contributed by atoms with van der Waals surface area (Å²) in [6.07, 6.45) is -4.87. The molecule has 0 saturated carbocycles. The minimum Gasteiger partial charge on any atom is -0.443 e. The number of aliphatic hydroxyl groups is 1. The van der Waals surface area contributed by atoms with Crippen molar-refractivity contribution in [1.82, 2.24) is 4.98 Å². The van der Waals surface area contributed by atoms with E-state index in [2.05, 4.69) is 4.98 Å². The third-order valence-electron chi connectivity index (χ3n) is 3.92. The Morgan fingerprint density at radius 1 is 1.20 bits per heavy atom. The monoisotopic (exact) mass is 349 g/mol. The minimum absolute atomic E-state index is 0.0866. The Bertz CT molecular complexity index is 902. The van der Waals surface area contributed by atoms with Crippen LogP contribution in [0.4, 0.5) is 13.2 Å². The third kappa shape index (κ3) is 3.71. The Labute approximate surface area is 140 Å². The highest BCUT2D eigenvalue weighted by Crippen LogP contribution is 2.35. The van der Waals surface area contributed by atoms with Gasteiger partial charge in [-0.05, 0) is 36.2 Å². The van der Waals surface area contributed by atoms with Gasteiger partial charge in [-0.1, -0.05) is 18.2 Å². The number of aromatic nitrogens is 1. The summed E-state index contributed by atoms with van der Waals surface area (Å²) >= 11 is 0. The van der Waals surface area contributed by atoms with Gasteiger partial charge in [0.1, 0.15) is 5.52 Å². The molecule has 0 aliphatic heterocycles. The standard InChI is InChI=1S/C18H14F3NO3/c19-18(20,21)13-4-2-1-3-12(13)16(24)7-6-15(23)11-5-8-17-14(9-11)22-10-25-17/h1-5,8-10,16,24H,6-7H2. The van der Waals surface area contributed by atoms with Crippen LogP contribution in [0.1, 0.15) is 40.4 Å². The van der Waals surface area contributed by atoms with Crippen LogP contribution >= 0.6 is 0 Å². The summed E-state index contributed by atoms with van der Waals surface area (Å²) in [7, 11) is 0. The van der Waals surface area contributed by atoms with Crippen LogP contribution in [0.15, 0.2) is 53.3 Å². The number of oxazole rings is 1. The first-order valence-electron chi connectivity index (χ1n) is 7.57. The maximum Gasteiger partial charge on any atom is 0.416 e. The van der Waals surface area contributed by atoms with Gasteiger partial charge in [0.15, 0.2) is 17.8 Å². The fraction of sp³-hybridized carbons (Fsp3) is 0.222. The van der Waals surface area contributed by atoms with Gasteiger partial charge in [-0.2, -0.15) is 13.2 Å².